The zero-order valence-corrected chi connectivity index (χ0v) is 11.4. The first-order valence-corrected chi connectivity index (χ1v) is 5.78. The van der Waals surface area contributed by atoms with Gasteiger partial charge in [0.15, 0.2) is 11.5 Å². The molecule has 0 amide bonds. The topological polar surface area (TPSA) is 49.0 Å². The number of methoxy groups -OCH3 is 3. The highest BCUT2D eigenvalue weighted by Gasteiger charge is 2.13. The Hall–Kier alpha value is -1.46. The number of nitrogens with one attached hydrogen (secondary N) is 1. The van der Waals surface area contributed by atoms with Gasteiger partial charge in [0.25, 0.3) is 0 Å². The molecule has 0 fully saturated rings. The van der Waals surface area contributed by atoms with E-state index in [9.17, 15) is 0 Å². The van der Waals surface area contributed by atoms with Gasteiger partial charge in [0.1, 0.15) is 6.61 Å². The monoisotopic (exact) mass is 255 g/mol. The summed E-state index contributed by atoms with van der Waals surface area (Å²) in [6.07, 6.45) is 0. The van der Waals surface area contributed by atoms with Crippen molar-refractivity contribution in [3.8, 4) is 17.2 Å². The Morgan fingerprint density at radius 1 is 1.00 bits per heavy atom. The van der Waals surface area contributed by atoms with Gasteiger partial charge in [-0.25, -0.2) is 0 Å². The molecule has 0 bridgehead atoms. The number of hydrogen-bond donors (Lipinski definition) is 1. The standard InChI is InChI=1S/C13H21NO4/c1-14-9-10-7-11(16-3)13(12(8-10)17-4)18-6-5-15-2/h7-8,14H,5-6,9H2,1-4H3. The Morgan fingerprint density at radius 2 is 1.61 bits per heavy atom. The van der Waals surface area contributed by atoms with Crippen LogP contribution < -0.4 is 19.5 Å². The van der Waals surface area contributed by atoms with Gasteiger partial charge in [-0.1, -0.05) is 0 Å². The molecule has 18 heavy (non-hydrogen) atoms. The van der Waals surface area contributed by atoms with Crippen molar-refractivity contribution in [2.75, 3.05) is 41.6 Å². The number of rotatable bonds is 8. The summed E-state index contributed by atoms with van der Waals surface area (Å²) in [7, 11) is 6.75. The lowest BCUT2D eigenvalue weighted by Crippen LogP contribution is -2.09. The molecule has 1 N–H and O–H groups in total. The third-order valence-electron chi connectivity index (χ3n) is 2.44. The third kappa shape index (κ3) is 3.78. The fourth-order valence-electron chi connectivity index (χ4n) is 1.61. The Morgan fingerprint density at radius 3 is 2.06 bits per heavy atom. The van der Waals surface area contributed by atoms with Crippen molar-refractivity contribution in [3.05, 3.63) is 17.7 Å². The lowest BCUT2D eigenvalue weighted by atomic mass is 10.2. The summed E-state index contributed by atoms with van der Waals surface area (Å²) in [6, 6.07) is 3.86. The van der Waals surface area contributed by atoms with Gasteiger partial charge in [-0.15, -0.1) is 0 Å². The molecule has 1 rings (SSSR count). The van der Waals surface area contributed by atoms with Crippen LogP contribution in [0.1, 0.15) is 5.56 Å². The van der Waals surface area contributed by atoms with Gasteiger partial charge in [0.05, 0.1) is 20.8 Å². The molecule has 0 radical (unpaired) electrons. The SMILES string of the molecule is CNCc1cc(OC)c(OCCOC)c(OC)c1. The molecular formula is C13H21NO4. The Balaban J connectivity index is 2.97. The predicted octanol–water partition coefficient (Wildman–Crippen LogP) is 1.45. The van der Waals surface area contributed by atoms with E-state index in [4.69, 9.17) is 18.9 Å². The molecule has 5 nitrogen and oxygen atoms in total. The summed E-state index contributed by atoms with van der Waals surface area (Å²) in [5.74, 6) is 1.93. The van der Waals surface area contributed by atoms with Crippen LogP contribution in [0.2, 0.25) is 0 Å². The van der Waals surface area contributed by atoms with Crippen molar-refractivity contribution in [1.29, 1.82) is 0 Å². The summed E-state index contributed by atoms with van der Waals surface area (Å²) >= 11 is 0. The minimum absolute atomic E-state index is 0.453. The average Bonchev–Trinajstić information content (AvgIpc) is 2.40. The van der Waals surface area contributed by atoms with E-state index in [1.807, 2.05) is 19.2 Å². The van der Waals surface area contributed by atoms with Crippen molar-refractivity contribution < 1.29 is 18.9 Å². The molecule has 1 aromatic carbocycles. The fourth-order valence-corrected chi connectivity index (χ4v) is 1.61. The molecule has 0 aromatic heterocycles. The Bertz CT molecular complexity index is 343. The minimum atomic E-state index is 0.453. The largest absolute Gasteiger partial charge is 0.493 e. The molecule has 0 spiro atoms. The third-order valence-corrected chi connectivity index (χ3v) is 2.44. The van der Waals surface area contributed by atoms with Gasteiger partial charge < -0.3 is 24.3 Å². The average molecular weight is 255 g/mol. The van der Waals surface area contributed by atoms with Gasteiger partial charge in [-0.2, -0.15) is 0 Å². The Labute approximate surface area is 108 Å². The molecule has 0 aliphatic heterocycles. The van der Waals surface area contributed by atoms with E-state index in [-0.39, 0.29) is 0 Å². The molecule has 0 aliphatic carbocycles. The van der Waals surface area contributed by atoms with Gasteiger partial charge in [0.2, 0.25) is 5.75 Å². The maximum absolute atomic E-state index is 5.63. The molecule has 1 aromatic rings. The normalized spacial score (nSPS) is 10.2. The van der Waals surface area contributed by atoms with Crippen LogP contribution in [0.5, 0.6) is 17.2 Å². The van der Waals surface area contributed by atoms with E-state index in [2.05, 4.69) is 5.32 Å². The van der Waals surface area contributed by atoms with E-state index in [1.165, 1.54) is 0 Å². The van der Waals surface area contributed by atoms with Gasteiger partial charge in [-0.3, -0.25) is 0 Å². The van der Waals surface area contributed by atoms with Gasteiger partial charge in [0, 0.05) is 13.7 Å². The summed E-state index contributed by atoms with van der Waals surface area (Å²) in [6.45, 7) is 1.71. The molecule has 0 saturated carbocycles. The van der Waals surface area contributed by atoms with Crippen molar-refractivity contribution in [3.63, 3.8) is 0 Å². The number of benzene rings is 1. The molecule has 5 heteroatoms. The molecule has 102 valence electrons. The van der Waals surface area contributed by atoms with E-state index in [0.29, 0.717) is 30.5 Å². The maximum atomic E-state index is 5.63. The smallest absolute Gasteiger partial charge is 0.203 e. The second-order valence-corrected chi connectivity index (χ2v) is 3.70. The predicted molar refractivity (Wildman–Crippen MR) is 69.7 cm³/mol. The van der Waals surface area contributed by atoms with Crippen LogP contribution in [-0.4, -0.2) is 41.6 Å². The van der Waals surface area contributed by atoms with Crippen molar-refractivity contribution in [2.45, 2.75) is 6.54 Å². The van der Waals surface area contributed by atoms with Crippen LogP contribution in [0.25, 0.3) is 0 Å². The first-order valence-electron chi connectivity index (χ1n) is 5.78. The highest BCUT2D eigenvalue weighted by atomic mass is 16.6. The fraction of sp³-hybridized carbons (Fsp3) is 0.538. The quantitative estimate of drug-likeness (QED) is 0.712. The van der Waals surface area contributed by atoms with Crippen molar-refractivity contribution in [2.24, 2.45) is 0 Å². The first-order chi connectivity index (χ1) is 8.76. The molecule has 0 unspecified atom stereocenters. The molecule has 0 saturated heterocycles. The number of hydrogen-bond acceptors (Lipinski definition) is 5. The lowest BCUT2D eigenvalue weighted by Gasteiger charge is -2.15. The van der Waals surface area contributed by atoms with Gasteiger partial charge in [-0.05, 0) is 24.7 Å². The van der Waals surface area contributed by atoms with Crippen molar-refractivity contribution >= 4 is 0 Å². The van der Waals surface area contributed by atoms with Crippen LogP contribution in [0.4, 0.5) is 0 Å². The summed E-state index contributed by atoms with van der Waals surface area (Å²) < 4.78 is 21.2. The molecular weight excluding hydrogens is 234 g/mol. The summed E-state index contributed by atoms with van der Waals surface area (Å²) in [5, 5.41) is 3.09. The molecule has 0 heterocycles. The zero-order valence-electron chi connectivity index (χ0n) is 11.4. The van der Waals surface area contributed by atoms with Crippen LogP contribution >= 0.6 is 0 Å². The van der Waals surface area contributed by atoms with Crippen LogP contribution in [-0.2, 0) is 11.3 Å². The lowest BCUT2D eigenvalue weighted by molar-refractivity contribution is 0.142. The van der Waals surface area contributed by atoms with Crippen LogP contribution in [0.3, 0.4) is 0 Å². The second kappa shape index (κ2) is 7.79. The highest BCUT2D eigenvalue weighted by molar-refractivity contribution is 5.53. The van der Waals surface area contributed by atoms with E-state index in [1.54, 1.807) is 21.3 Å². The zero-order chi connectivity index (χ0) is 13.4. The van der Waals surface area contributed by atoms with Gasteiger partial charge >= 0.3 is 0 Å². The van der Waals surface area contributed by atoms with E-state index < -0.39 is 0 Å². The molecule has 0 aliphatic rings. The first kappa shape index (κ1) is 14.6. The molecule has 0 atom stereocenters. The van der Waals surface area contributed by atoms with Crippen molar-refractivity contribution in [1.82, 2.24) is 5.32 Å². The summed E-state index contributed by atoms with van der Waals surface area (Å²) in [4.78, 5) is 0. The van der Waals surface area contributed by atoms with Crippen LogP contribution in [0, 0.1) is 0 Å². The van der Waals surface area contributed by atoms with E-state index >= 15 is 0 Å². The van der Waals surface area contributed by atoms with E-state index in [0.717, 1.165) is 12.1 Å². The maximum Gasteiger partial charge on any atom is 0.203 e. The Kier molecular flexibility index (Phi) is 6.32. The minimum Gasteiger partial charge on any atom is -0.493 e. The highest BCUT2D eigenvalue weighted by Crippen LogP contribution is 2.38. The summed E-state index contributed by atoms with van der Waals surface area (Å²) in [5.41, 5.74) is 1.07. The number of ether oxygens (including phenoxy) is 4. The second-order valence-electron chi connectivity index (χ2n) is 3.70. The van der Waals surface area contributed by atoms with Crippen LogP contribution in [0.15, 0.2) is 12.1 Å².